The normalized spacial score (nSPS) is 13.3. The lowest BCUT2D eigenvalue weighted by Crippen LogP contribution is -2.24. The summed E-state index contributed by atoms with van der Waals surface area (Å²) in [7, 11) is 0. The van der Waals surface area contributed by atoms with Crippen LogP contribution in [0.1, 0.15) is 45.9 Å². The van der Waals surface area contributed by atoms with Crippen LogP contribution in [0.4, 0.5) is 17.6 Å². The summed E-state index contributed by atoms with van der Waals surface area (Å²) in [6.07, 6.45) is -5.06. The van der Waals surface area contributed by atoms with Crippen molar-refractivity contribution in [1.29, 1.82) is 0 Å². The molecule has 0 aliphatic heterocycles. The number of halogens is 4. The zero-order valence-electron chi connectivity index (χ0n) is 15.1. The molecule has 1 heterocycles. The van der Waals surface area contributed by atoms with Crippen LogP contribution >= 0.6 is 0 Å². The molecular formula is C17H18F4N2O4. The first-order valence-corrected chi connectivity index (χ1v) is 7.95. The molecule has 1 atom stereocenters. The van der Waals surface area contributed by atoms with Crippen molar-refractivity contribution in [2.75, 3.05) is 0 Å². The van der Waals surface area contributed by atoms with E-state index in [0.29, 0.717) is 0 Å². The van der Waals surface area contributed by atoms with Gasteiger partial charge in [-0.2, -0.15) is 4.98 Å². The first-order chi connectivity index (χ1) is 12.3. The fourth-order valence-electron chi connectivity index (χ4n) is 2.12. The van der Waals surface area contributed by atoms with Gasteiger partial charge in [0.25, 0.3) is 0 Å². The van der Waals surface area contributed by atoms with E-state index in [-0.39, 0.29) is 23.7 Å². The molecule has 0 aliphatic rings. The molecule has 1 aromatic heterocycles. The van der Waals surface area contributed by atoms with Crippen LogP contribution in [-0.4, -0.2) is 28.1 Å². The number of ether oxygens (including phenoxy) is 2. The molecule has 10 heteroatoms. The Bertz CT molecular complexity index is 812. The highest BCUT2D eigenvalue weighted by Gasteiger charge is 2.32. The molecule has 0 spiro atoms. The zero-order chi connectivity index (χ0) is 20.4. The third kappa shape index (κ3) is 6.22. The number of nitrogens with zero attached hydrogens (tertiary/aromatic N) is 2. The summed E-state index contributed by atoms with van der Waals surface area (Å²) in [5, 5.41) is 3.66. The molecule has 0 N–H and O–H groups in total. The van der Waals surface area contributed by atoms with E-state index in [2.05, 4.69) is 14.9 Å². The maximum Gasteiger partial charge on any atom is 0.573 e. The standard InChI is InChI=1S/C17H18F4N2O4/c1-9(7-13(24)26-16(2,3)4)15-22-14(23-27-15)10-5-6-11(18)12(8-10)25-17(19,20)21/h5-6,8-9H,7H2,1-4H3/t9-/m1/s1. The number of esters is 1. The van der Waals surface area contributed by atoms with Gasteiger partial charge >= 0.3 is 12.3 Å². The highest BCUT2D eigenvalue weighted by molar-refractivity contribution is 5.70. The van der Waals surface area contributed by atoms with E-state index in [1.54, 1.807) is 27.7 Å². The van der Waals surface area contributed by atoms with Gasteiger partial charge in [-0.15, -0.1) is 13.2 Å². The number of carbonyl (C=O) groups excluding carboxylic acids is 1. The van der Waals surface area contributed by atoms with Crippen LogP contribution in [0.5, 0.6) is 5.75 Å². The molecule has 0 aliphatic carbocycles. The number of hydrogen-bond acceptors (Lipinski definition) is 6. The van der Waals surface area contributed by atoms with Crippen molar-refractivity contribution in [3.8, 4) is 17.1 Å². The predicted octanol–water partition coefficient (Wildman–Crippen LogP) is 4.61. The molecule has 0 fully saturated rings. The molecule has 2 rings (SSSR count). The molecular weight excluding hydrogens is 372 g/mol. The maximum absolute atomic E-state index is 13.5. The third-order valence-corrected chi connectivity index (χ3v) is 3.17. The van der Waals surface area contributed by atoms with Crippen LogP contribution in [0, 0.1) is 5.82 Å². The average Bonchev–Trinajstić information content (AvgIpc) is 2.96. The molecule has 1 aromatic carbocycles. The summed E-state index contributed by atoms with van der Waals surface area (Å²) in [6, 6.07) is 2.80. The van der Waals surface area contributed by atoms with Gasteiger partial charge in [0.05, 0.1) is 6.42 Å². The SMILES string of the molecule is C[C@H](CC(=O)OC(C)(C)C)c1nc(-c2ccc(F)c(OC(F)(F)F)c2)no1. The van der Waals surface area contributed by atoms with Gasteiger partial charge in [0, 0.05) is 11.5 Å². The lowest BCUT2D eigenvalue weighted by Gasteiger charge is -2.20. The summed E-state index contributed by atoms with van der Waals surface area (Å²) >= 11 is 0. The van der Waals surface area contributed by atoms with Crippen LogP contribution in [0.15, 0.2) is 22.7 Å². The molecule has 0 unspecified atom stereocenters. The summed E-state index contributed by atoms with van der Waals surface area (Å²) in [6.45, 7) is 6.85. The number of alkyl halides is 3. The average molecular weight is 390 g/mol. The largest absolute Gasteiger partial charge is 0.573 e. The molecule has 0 amide bonds. The Hall–Kier alpha value is -2.65. The van der Waals surface area contributed by atoms with Crippen LogP contribution in [0.3, 0.4) is 0 Å². The second kappa shape index (κ2) is 7.53. The number of rotatable bonds is 5. The highest BCUT2D eigenvalue weighted by atomic mass is 19.4. The molecule has 0 radical (unpaired) electrons. The molecule has 27 heavy (non-hydrogen) atoms. The van der Waals surface area contributed by atoms with Gasteiger partial charge in [0.1, 0.15) is 5.60 Å². The van der Waals surface area contributed by atoms with Crippen molar-refractivity contribution in [1.82, 2.24) is 10.1 Å². The molecule has 2 aromatic rings. The fourth-order valence-corrected chi connectivity index (χ4v) is 2.12. The molecule has 148 valence electrons. The van der Waals surface area contributed by atoms with Gasteiger partial charge in [-0.1, -0.05) is 12.1 Å². The molecule has 0 saturated heterocycles. The monoisotopic (exact) mass is 390 g/mol. The topological polar surface area (TPSA) is 74.5 Å². The Labute approximate surface area is 152 Å². The Morgan fingerprint density at radius 2 is 1.93 bits per heavy atom. The van der Waals surface area contributed by atoms with Crippen LogP contribution < -0.4 is 4.74 Å². The van der Waals surface area contributed by atoms with Crippen molar-refractivity contribution in [3.05, 3.63) is 29.9 Å². The van der Waals surface area contributed by atoms with Crippen molar-refractivity contribution >= 4 is 5.97 Å². The van der Waals surface area contributed by atoms with Gasteiger partial charge in [-0.25, -0.2) is 4.39 Å². The van der Waals surface area contributed by atoms with Gasteiger partial charge in [0.15, 0.2) is 11.6 Å². The van der Waals surface area contributed by atoms with Crippen molar-refractivity contribution in [2.24, 2.45) is 0 Å². The van der Waals surface area contributed by atoms with Crippen molar-refractivity contribution in [2.45, 2.75) is 52.0 Å². The third-order valence-electron chi connectivity index (χ3n) is 3.17. The Morgan fingerprint density at radius 1 is 1.26 bits per heavy atom. The fraction of sp³-hybridized carbons (Fsp3) is 0.471. The van der Waals surface area contributed by atoms with Crippen LogP contribution in [0.2, 0.25) is 0 Å². The van der Waals surface area contributed by atoms with E-state index in [1.807, 2.05) is 0 Å². The first-order valence-electron chi connectivity index (χ1n) is 7.95. The number of hydrogen-bond donors (Lipinski definition) is 0. The quantitative estimate of drug-likeness (QED) is 0.548. The van der Waals surface area contributed by atoms with Gasteiger partial charge in [-0.3, -0.25) is 4.79 Å². The maximum atomic E-state index is 13.5. The van der Waals surface area contributed by atoms with E-state index < -0.39 is 35.4 Å². The highest BCUT2D eigenvalue weighted by Crippen LogP contribution is 2.30. The van der Waals surface area contributed by atoms with Crippen LogP contribution in [0.25, 0.3) is 11.4 Å². The number of benzene rings is 1. The minimum absolute atomic E-state index is 0.0231. The summed E-state index contributed by atoms with van der Waals surface area (Å²) < 4.78 is 64.3. The summed E-state index contributed by atoms with van der Waals surface area (Å²) in [5.74, 6) is -3.09. The molecule has 0 bridgehead atoms. The lowest BCUT2D eigenvalue weighted by atomic mass is 10.1. The smallest absolute Gasteiger partial charge is 0.460 e. The van der Waals surface area contributed by atoms with E-state index in [0.717, 1.165) is 12.1 Å². The van der Waals surface area contributed by atoms with E-state index >= 15 is 0 Å². The number of aromatic nitrogens is 2. The predicted molar refractivity (Wildman–Crippen MR) is 85.3 cm³/mol. The van der Waals surface area contributed by atoms with E-state index in [4.69, 9.17) is 9.26 Å². The first kappa shape index (κ1) is 20.7. The van der Waals surface area contributed by atoms with Gasteiger partial charge < -0.3 is 14.0 Å². The summed E-state index contributed by atoms with van der Waals surface area (Å²) in [5.41, 5.74) is -0.574. The number of carbonyl (C=O) groups is 1. The molecule has 6 nitrogen and oxygen atoms in total. The minimum atomic E-state index is -5.04. The molecule has 0 saturated carbocycles. The summed E-state index contributed by atoms with van der Waals surface area (Å²) in [4.78, 5) is 15.9. The lowest BCUT2D eigenvalue weighted by molar-refractivity contribution is -0.275. The Morgan fingerprint density at radius 3 is 2.52 bits per heavy atom. The van der Waals surface area contributed by atoms with Gasteiger partial charge in [0.2, 0.25) is 11.7 Å². The van der Waals surface area contributed by atoms with Crippen LogP contribution in [-0.2, 0) is 9.53 Å². The second-order valence-electron chi connectivity index (χ2n) is 6.84. The Balaban J connectivity index is 2.15. The van der Waals surface area contributed by atoms with E-state index in [1.165, 1.54) is 6.07 Å². The van der Waals surface area contributed by atoms with Gasteiger partial charge in [-0.05, 0) is 39.0 Å². The van der Waals surface area contributed by atoms with Crippen molar-refractivity contribution < 1.29 is 36.4 Å². The minimum Gasteiger partial charge on any atom is -0.460 e. The van der Waals surface area contributed by atoms with E-state index in [9.17, 15) is 22.4 Å². The zero-order valence-corrected chi connectivity index (χ0v) is 15.1. The van der Waals surface area contributed by atoms with Crippen molar-refractivity contribution in [3.63, 3.8) is 0 Å². The Kier molecular flexibility index (Phi) is 5.76. The second-order valence-corrected chi connectivity index (χ2v) is 6.84.